The van der Waals surface area contributed by atoms with Gasteiger partial charge in [-0.15, -0.1) is 0 Å². The summed E-state index contributed by atoms with van der Waals surface area (Å²) in [4.78, 5) is 29.2. The van der Waals surface area contributed by atoms with Crippen molar-refractivity contribution in [2.75, 3.05) is 0 Å². The zero-order valence-electron chi connectivity index (χ0n) is 19.4. The second-order valence-electron chi connectivity index (χ2n) is 8.22. The van der Waals surface area contributed by atoms with E-state index in [4.69, 9.17) is 16.3 Å². The summed E-state index contributed by atoms with van der Waals surface area (Å²) >= 11 is 6.27. The quantitative estimate of drug-likeness (QED) is 0.253. The summed E-state index contributed by atoms with van der Waals surface area (Å²) in [6, 6.07) is 33.6. The maximum Gasteiger partial charge on any atom is 0.333 e. The van der Waals surface area contributed by atoms with Crippen LogP contribution >= 0.6 is 11.6 Å². The SMILES string of the molecule is C[C@H](c1cccc(Cl)c1)N(C(=O)c1ccccc1)[C@@H](C(=O)OCc1ccccc1)c1ccccc1. The first-order valence-electron chi connectivity index (χ1n) is 11.4. The summed E-state index contributed by atoms with van der Waals surface area (Å²) < 4.78 is 5.76. The molecule has 0 aliphatic rings. The van der Waals surface area contributed by atoms with E-state index in [2.05, 4.69) is 0 Å². The van der Waals surface area contributed by atoms with Crippen molar-refractivity contribution >= 4 is 23.5 Å². The minimum absolute atomic E-state index is 0.113. The van der Waals surface area contributed by atoms with Crippen LogP contribution in [-0.4, -0.2) is 16.8 Å². The number of hydrogen-bond donors (Lipinski definition) is 0. The van der Waals surface area contributed by atoms with Gasteiger partial charge < -0.3 is 9.64 Å². The van der Waals surface area contributed by atoms with E-state index in [1.54, 1.807) is 35.2 Å². The summed E-state index contributed by atoms with van der Waals surface area (Å²) in [7, 11) is 0. The minimum atomic E-state index is -0.957. The summed E-state index contributed by atoms with van der Waals surface area (Å²) in [6.45, 7) is 2.01. The van der Waals surface area contributed by atoms with Crippen molar-refractivity contribution < 1.29 is 14.3 Å². The Labute approximate surface area is 210 Å². The second kappa shape index (κ2) is 11.5. The van der Waals surface area contributed by atoms with Crippen LogP contribution in [0.2, 0.25) is 5.02 Å². The Balaban J connectivity index is 1.77. The van der Waals surface area contributed by atoms with Crippen LogP contribution in [-0.2, 0) is 16.1 Å². The molecule has 35 heavy (non-hydrogen) atoms. The third-order valence-electron chi connectivity index (χ3n) is 5.84. The summed E-state index contributed by atoms with van der Waals surface area (Å²) in [6.07, 6.45) is 0. The highest BCUT2D eigenvalue weighted by Crippen LogP contribution is 2.34. The number of halogens is 1. The van der Waals surface area contributed by atoms with Gasteiger partial charge in [-0.3, -0.25) is 4.79 Å². The summed E-state index contributed by atoms with van der Waals surface area (Å²) in [5, 5.41) is 0.560. The molecule has 0 aliphatic carbocycles. The number of amides is 1. The maximum atomic E-state index is 13.9. The Morgan fingerprint density at radius 2 is 1.34 bits per heavy atom. The van der Waals surface area contributed by atoms with Gasteiger partial charge in [-0.2, -0.15) is 0 Å². The lowest BCUT2D eigenvalue weighted by atomic mass is 9.98. The largest absolute Gasteiger partial charge is 0.459 e. The first-order valence-corrected chi connectivity index (χ1v) is 11.8. The second-order valence-corrected chi connectivity index (χ2v) is 8.65. The van der Waals surface area contributed by atoms with Crippen molar-refractivity contribution in [3.8, 4) is 0 Å². The number of ether oxygens (including phenoxy) is 1. The predicted molar refractivity (Wildman–Crippen MR) is 138 cm³/mol. The number of benzene rings is 4. The normalized spacial score (nSPS) is 12.4. The van der Waals surface area contributed by atoms with Gasteiger partial charge >= 0.3 is 5.97 Å². The fourth-order valence-electron chi connectivity index (χ4n) is 4.03. The Morgan fingerprint density at radius 3 is 1.97 bits per heavy atom. The van der Waals surface area contributed by atoms with E-state index in [1.807, 2.05) is 91.9 Å². The summed E-state index contributed by atoms with van der Waals surface area (Å²) in [5.74, 6) is -0.776. The molecule has 0 fully saturated rings. The molecule has 4 aromatic rings. The molecular weight excluding hydrogens is 458 g/mol. The van der Waals surface area contributed by atoms with Gasteiger partial charge in [0.2, 0.25) is 0 Å². The molecule has 4 nitrogen and oxygen atoms in total. The molecular formula is C30H26ClNO3. The van der Waals surface area contributed by atoms with E-state index in [0.29, 0.717) is 16.1 Å². The van der Waals surface area contributed by atoms with E-state index in [0.717, 1.165) is 11.1 Å². The number of carbonyl (C=O) groups excluding carboxylic acids is 2. The van der Waals surface area contributed by atoms with Crippen LogP contribution in [0.4, 0.5) is 0 Å². The molecule has 2 atom stereocenters. The molecule has 0 saturated heterocycles. The Kier molecular flexibility index (Phi) is 7.96. The van der Waals surface area contributed by atoms with Crippen LogP contribution in [0.5, 0.6) is 0 Å². The molecule has 0 N–H and O–H groups in total. The van der Waals surface area contributed by atoms with Gasteiger partial charge in [0.25, 0.3) is 5.91 Å². The highest BCUT2D eigenvalue weighted by molar-refractivity contribution is 6.30. The van der Waals surface area contributed by atoms with Gasteiger partial charge in [-0.25, -0.2) is 4.79 Å². The zero-order chi connectivity index (χ0) is 24.6. The third kappa shape index (κ3) is 5.97. The molecule has 1 amide bonds. The Morgan fingerprint density at radius 1 is 0.771 bits per heavy atom. The van der Waals surface area contributed by atoms with Gasteiger partial charge in [-0.05, 0) is 47.9 Å². The van der Waals surface area contributed by atoms with E-state index in [9.17, 15) is 9.59 Å². The van der Waals surface area contributed by atoms with E-state index in [-0.39, 0.29) is 12.5 Å². The fourth-order valence-corrected chi connectivity index (χ4v) is 4.23. The number of carbonyl (C=O) groups is 2. The molecule has 176 valence electrons. The van der Waals surface area contributed by atoms with Gasteiger partial charge in [0, 0.05) is 10.6 Å². The third-order valence-corrected chi connectivity index (χ3v) is 6.08. The van der Waals surface area contributed by atoms with Crippen LogP contribution in [0.15, 0.2) is 115 Å². The topological polar surface area (TPSA) is 46.6 Å². The molecule has 4 aromatic carbocycles. The standard InChI is InChI=1S/C30H26ClNO3/c1-22(26-18-11-19-27(31)20-26)32(29(33)25-16-9-4-10-17-25)28(24-14-7-3-8-15-24)30(34)35-21-23-12-5-2-6-13-23/h2-20,22,28H,21H2,1H3/t22-,28-/m1/s1. The minimum Gasteiger partial charge on any atom is -0.459 e. The lowest BCUT2D eigenvalue weighted by molar-refractivity contribution is -0.151. The monoisotopic (exact) mass is 483 g/mol. The number of hydrogen-bond acceptors (Lipinski definition) is 3. The van der Waals surface area contributed by atoms with Crippen molar-refractivity contribution in [3.05, 3.63) is 143 Å². The molecule has 0 bridgehead atoms. The van der Waals surface area contributed by atoms with E-state index in [1.165, 1.54) is 0 Å². The van der Waals surface area contributed by atoms with Crippen molar-refractivity contribution in [2.45, 2.75) is 25.6 Å². The molecule has 0 heterocycles. The van der Waals surface area contributed by atoms with E-state index < -0.39 is 18.1 Å². The highest BCUT2D eigenvalue weighted by Gasteiger charge is 2.37. The smallest absolute Gasteiger partial charge is 0.333 e. The van der Waals surface area contributed by atoms with Crippen LogP contribution in [0.3, 0.4) is 0 Å². The van der Waals surface area contributed by atoms with Gasteiger partial charge in [-0.1, -0.05) is 103 Å². The Hall–Kier alpha value is -3.89. The van der Waals surface area contributed by atoms with Crippen molar-refractivity contribution in [2.24, 2.45) is 0 Å². The molecule has 4 rings (SSSR count). The first-order chi connectivity index (χ1) is 17.0. The number of esters is 1. The van der Waals surface area contributed by atoms with Crippen molar-refractivity contribution in [3.63, 3.8) is 0 Å². The molecule has 0 saturated carbocycles. The van der Waals surface area contributed by atoms with Crippen molar-refractivity contribution in [1.29, 1.82) is 0 Å². The molecule has 0 unspecified atom stereocenters. The lowest BCUT2D eigenvalue weighted by Crippen LogP contribution is -2.41. The molecule has 0 aromatic heterocycles. The molecule has 0 aliphatic heterocycles. The highest BCUT2D eigenvalue weighted by atomic mass is 35.5. The van der Waals surface area contributed by atoms with Crippen LogP contribution < -0.4 is 0 Å². The van der Waals surface area contributed by atoms with E-state index >= 15 is 0 Å². The molecule has 0 spiro atoms. The van der Waals surface area contributed by atoms with Gasteiger partial charge in [0.1, 0.15) is 6.61 Å². The fraction of sp³-hybridized carbons (Fsp3) is 0.133. The predicted octanol–water partition coefficient (Wildman–Crippen LogP) is 7.03. The average molecular weight is 484 g/mol. The summed E-state index contributed by atoms with van der Waals surface area (Å²) in [5.41, 5.74) is 2.84. The number of nitrogens with zero attached hydrogens (tertiary/aromatic N) is 1. The average Bonchev–Trinajstić information content (AvgIpc) is 2.91. The van der Waals surface area contributed by atoms with Gasteiger partial charge in [0.15, 0.2) is 6.04 Å². The first kappa shape index (κ1) is 24.2. The van der Waals surface area contributed by atoms with Crippen LogP contribution in [0, 0.1) is 0 Å². The van der Waals surface area contributed by atoms with Crippen LogP contribution in [0.1, 0.15) is 46.1 Å². The van der Waals surface area contributed by atoms with Gasteiger partial charge in [0.05, 0.1) is 6.04 Å². The molecule has 5 heteroatoms. The van der Waals surface area contributed by atoms with Crippen LogP contribution in [0.25, 0.3) is 0 Å². The lowest BCUT2D eigenvalue weighted by Gasteiger charge is -2.36. The number of rotatable bonds is 8. The Bertz CT molecular complexity index is 1260. The maximum absolute atomic E-state index is 13.9. The molecule has 0 radical (unpaired) electrons. The zero-order valence-corrected chi connectivity index (χ0v) is 20.1. The van der Waals surface area contributed by atoms with Crippen molar-refractivity contribution in [1.82, 2.24) is 4.90 Å².